The fourth-order valence-corrected chi connectivity index (χ4v) is 1.92. The van der Waals surface area contributed by atoms with Crippen LogP contribution in [-0.4, -0.2) is 24.7 Å². The van der Waals surface area contributed by atoms with Crippen LogP contribution in [0.5, 0.6) is 0 Å². The highest BCUT2D eigenvalue weighted by Crippen LogP contribution is 2.08. The maximum Gasteiger partial charge on any atom is 0.307 e. The summed E-state index contributed by atoms with van der Waals surface area (Å²) in [4.78, 5) is 11.4. The van der Waals surface area contributed by atoms with Gasteiger partial charge in [0.2, 0.25) is 0 Å². The van der Waals surface area contributed by atoms with E-state index >= 15 is 0 Å². The van der Waals surface area contributed by atoms with E-state index in [0.29, 0.717) is 6.42 Å². The van der Waals surface area contributed by atoms with Crippen molar-refractivity contribution in [3.63, 3.8) is 0 Å². The maximum absolute atomic E-state index is 11.4. The highest BCUT2D eigenvalue weighted by atomic mass is 16.6. The van der Waals surface area contributed by atoms with E-state index < -0.39 is 0 Å². The minimum absolute atomic E-state index is 0.112. The molecule has 0 bridgehead atoms. The molecule has 0 aromatic heterocycles. The van der Waals surface area contributed by atoms with Gasteiger partial charge in [-0.1, -0.05) is 45.4 Å². The second kappa shape index (κ2) is 11.3. The molecule has 0 saturated heterocycles. The number of hydrogen-bond donors (Lipinski definition) is 1. The van der Waals surface area contributed by atoms with Gasteiger partial charge in [0.15, 0.2) is 0 Å². The minimum atomic E-state index is -0.366. The lowest BCUT2D eigenvalue weighted by Gasteiger charge is -2.19. The quantitative estimate of drug-likeness (QED) is 0.455. The number of esters is 1. The Hall–Kier alpha value is -0.570. The van der Waals surface area contributed by atoms with Gasteiger partial charge in [-0.05, 0) is 33.7 Å². The molecule has 0 aromatic rings. The van der Waals surface area contributed by atoms with Gasteiger partial charge >= 0.3 is 5.97 Å². The van der Waals surface area contributed by atoms with Crippen molar-refractivity contribution in [3.05, 3.63) is 0 Å². The molecule has 3 nitrogen and oxygen atoms in total. The largest absolute Gasteiger partial charge is 0.460 e. The first-order valence-corrected chi connectivity index (χ1v) is 7.88. The molecule has 1 N–H and O–H groups in total. The summed E-state index contributed by atoms with van der Waals surface area (Å²) < 4.78 is 5.24. The fourth-order valence-electron chi connectivity index (χ4n) is 1.92. The van der Waals surface area contributed by atoms with Crippen LogP contribution in [0.25, 0.3) is 0 Å². The van der Waals surface area contributed by atoms with E-state index in [9.17, 15) is 4.79 Å². The number of nitrogens with one attached hydrogen (secondary N) is 1. The first-order chi connectivity index (χ1) is 8.95. The zero-order valence-electron chi connectivity index (χ0n) is 13.4. The average Bonchev–Trinajstić information content (AvgIpc) is 2.29. The Bertz CT molecular complexity index is 221. The van der Waals surface area contributed by atoms with Crippen LogP contribution in [0.3, 0.4) is 0 Å². The molecular formula is C16H33NO2. The van der Waals surface area contributed by atoms with E-state index in [-0.39, 0.29) is 11.6 Å². The van der Waals surface area contributed by atoms with Crippen molar-refractivity contribution in [2.24, 2.45) is 0 Å². The zero-order valence-corrected chi connectivity index (χ0v) is 13.4. The Kier molecular flexibility index (Phi) is 10.9. The van der Waals surface area contributed by atoms with Crippen molar-refractivity contribution in [3.8, 4) is 0 Å². The Morgan fingerprint density at radius 1 is 0.947 bits per heavy atom. The number of ether oxygens (including phenoxy) is 1. The van der Waals surface area contributed by atoms with E-state index in [2.05, 4.69) is 12.2 Å². The summed E-state index contributed by atoms with van der Waals surface area (Å²) in [6.07, 6.45) is 9.74. The summed E-state index contributed by atoms with van der Waals surface area (Å²) in [6, 6.07) is 0. The summed E-state index contributed by atoms with van der Waals surface area (Å²) >= 11 is 0. The third kappa shape index (κ3) is 15.4. The predicted molar refractivity (Wildman–Crippen MR) is 81.3 cm³/mol. The summed E-state index contributed by atoms with van der Waals surface area (Å²) in [5.74, 6) is -0.112. The van der Waals surface area contributed by atoms with Crippen molar-refractivity contribution in [1.29, 1.82) is 0 Å². The Morgan fingerprint density at radius 2 is 1.53 bits per heavy atom. The monoisotopic (exact) mass is 271 g/mol. The molecule has 0 fully saturated rings. The summed E-state index contributed by atoms with van der Waals surface area (Å²) in [5, 5.41) is 3.30. The van der Waals surface area contributed by atoms with Gasteiger partial charge in [0.25, 0.3) is 0 Å². The minimum Gasteiger partial charge on any atom is -0.460 e. The number of unbranched alkanes of at least 4 members (excludes halogenated alkanes) is 6. The molecule has 0 atom stereocenters. The second-order valence-corrected chi connectivity index (χ2v) is 6.21. The van der Waals surface area contributed by atoms with Crippen molar-refractivity contribution in [2.45, 2.75) is 84.7 Å². The van der Waals surface area contributed by atoms with Crippen LogP contribution in [0, 0.1) is 0 Å². The van der Waals surface area contributed by atoms with Crippen LogP contribution in [0.4, 0.5) is 0 Å². The lowest BCUT2D eigenvalue weighted by molar-refractivity contribution is -0.154. The van der Waals surface area contributed by atoms with Gasteiger partial charge < -0.3 is 10.1 Å². The molecule has 0 heterocycles. The molecule has 0 saturated carbocycles. The summed E-state index contributed by atoms with van der Waals surface area (Å²) in [5.41, 5.74) is -0.366. The van der Waals surface area contributed by atoms with Gasteiger partial charge in [-0.3, -0.25) is 4.79 Å². The van der Waals surface area contributed by atoms with Crippen LogP contribution in [0.2, 0.25) is 0 Å². The smallest absolute Gasteiger partial charge is 0.307 e. The van der Waals surface area contributed by atoms with E-state index in [4.69, 9.17) is 4.74 Å². The third-order valence-corrected chi connectivity index (χ3v) is 2.88. The van der Waals surface area contributed by atoms with Crippen molar-refractivity contribution >= 4 is 5.97 Å². The molecule has 0 rings (SSSR count). The van der Waals surface area contributed by atoms with Crippen LogP contribution in [-0.2, 0) is 9.53 Å². The Balaban J connectivity index is 3.21. The van der Waals surface area contributed by atoms with Gasteiger partial charge in [-0.2, -0.15) is 0 Å². The lowest BCUT2D eigenvalue weighted by atomic mass is 10.1. The van der Waals surface area contributed by atoms with E-state index in [1.807, 2.05) is 20.8 Å². The van der Waals surface area contributed by atoms with E-state index in [0.717, 1.165) is 13.1 Å². The highest BCUT2D eigenvalue weighted by molar-refractivity contribution is 5.70. The van der Waals surface area contributed by atoms with Crippen molar-refractivity contribution < 1.29 is 9.53 Å². The first kappa shape index (κ1) is 18.4. The molecular weight excluding hydrogens is 238 g/mol. The van der Waals surface area contributed by atoms with Crippen LogP contribution >= 0.6 is 0 Å². The normalized spacial score (nSPS) is 11.6. The molecule has 0 amide bonds. The summed E-state index contributed by atoms with van der Waals surface area (Å²) in [6.45, 7) is 9.68. The van der Waals surface area contributed by atoms with Gasteiger partial charge in [-0.25, -0.2) is 0 Å². The molecule has 0 aliphatic carbocycles. The van der Waals surface area contributed by atoms with Gasteiger partial charge in [0.1, 0.15) is 5.60 Å². The molecule has 0 unspecified atom stereocenters. The van der Waals surface area contributed by atoms with E-state index in [1.54, 1.807) is 0 Å². The van der Waals surface area contributed by atoms with Gasteiger partial charge in [0.05, 0.1) is 6.42 Å². The molecule has 0 aliphatic heterocycles. The van der Waals surface area contributed by atoms with Crippen LogP contribution in [0.15, 0.2) is 0 Å². The third-order valence-electron chi connectivity index (χ3n) is 2.88. The molecule has 0 aromatic carbocycles. The number of rotatable bonds is 11. The highest BCUT2D eigenvalue weighted by Gasteiger charge is 2.15. The number of carbonyl (C=O) groups excluding carboxylic acids is 1. The summed E-state index contributed by atoms with van der Waals surface area (Å²) in [7, 11) is 0. The lowest BCUT2D eigenvalue weighted by Crippen LogP contribution is -2.27. The van der Waals surface area contributed by atoms with Crippen molar-refractivity contribution in [1.82, 2.24) is 5.32 Å². The van der Waals surface area contributed by atoms with Crippen LogP contribution < -0.4 is 5.32 Å². The second-order valence-electron chi connectivity index (χ2n) is 6.21. The SMILES string of the molecule is CCCCCCCCCNCCC(=O)OC(C)(C)C. The Labute approximate surface area is 119 Å². The maximum atomic E-state index is 11.4. The number of hydrogen-bond acceptors (Lipinski definition) is 3. The molecule has 0 radical (unpaired) electrons. The predicted octanol–water partition coefficient (Wildman–Crippen LogP) is 4.06. The number of carbonyl (C=O) groups is 1. The fraction of sp³-hybridized carbons (Fsp3) is 0.938. The van der Waals surface area contributed by atoms with Gasteiger partial charge in [0, 0.05) is 6.54 Å². The van der Waals surface area contributed by atoms with E-state index in [1.165, 1.54) is 44.9 Å². The van der Waals surface area contributed by atoms with Crippen molar-refractivity contribution in [2.75, 3.05) is 13.1 Å². The molecule has 114 valence electrons. The standard InChI is InChI=1S/C16H33NO2/c1-5-6-7-8-9-10-11-13-17-14-12-15(18)19-16(2,3)4/h17H,5-14H2,1-4H3. The molecule has 3 heteroatoms. The molecule has 0 spiro atoms. The first-order valence-electron chi connectivity index (χ1n) is 7.88. The van der Waals surface area contributed by atoms with Crippen LogP contribution in [0.1, 0.15) is 79.1 Å². The molecule has 19 heavy (non-hydrogen) atoms. The topological polar surface area (TPSA) is 38.3 Å². The Morgan fingerprint density at radius 3 is 2.11 bits per heavy atom. The molecule has 0 aliphatic rings. The average molecular weight is 271 g/mol. The van der Waals surface area contributed by atoms with Gasteiger partial charge in [-0.15, -0.1) is 0 Å². The zero-order chi connectivity index (χ0) is 14.6.